The molecule has 1 fully saturated rings. The van der Waals surface area contributed by atoms with Crippen LogP contribution in [0.4, 0.5) is 35.1 Å². The highest BCUT2D eigenvalue weighted by Gasteiger charge is 2.64. The van der Waals surface area contributed by atoms with Gasteiger partial charge in [-0.05, 0) is 30.5 Å². The smallest absolute Gasteiger partial charge is 0.334 e. The zero-order chi connectivity index (χ0) is 27.6. The number of hydrogen-bond donors (Lipinski definition) is 1. The fraction of sp³-hybridized carbons (Fsp3) is 0.333. The van der Waals surface area contributed by atoms with E-state index in [1.54, 1.807) is 0 Å². The van der Waals surface area contributed by atoms with Gasteiger partial charge in [-0.2, -0.15) is 45.5 Å². The Bertz CT molecular complexity index is 1430. The number of amides is 1. The molecule has 196 valence electrons. The van der Waals surface area contributed by atoms with E-state index in [-0.39, 0.29) is 25.7 Å². The van der Waals surface area contributed by atoms with Crippen LogP contribution in [0.1, 0.15) is 34.5 Å². The lowest BCUT2D eigenvalue weighted by molar-refractivity contribution is -0.292. The molecular weight excluding hydrogens is 558 g/mol. The first-order valence-electron chi connectivity index (χ1n) is 10.1. The van der Waals surface area contributed by atoms with Crippen LogP contribution in [-0.2, 0) is 19.1 Å². The third-order valence-electron chi connectivity index (χ3n) is 5.50. The highest BCUT2D eigenvalue weighted by molar-refractivity contribution is 7.18. The summed E-state index contributed by atoms with van der Waals surface area (Å²) in [7, 11) is 0.787. The molecule has 0 atom stereocenters. The van der Waals surface area contributed by atoms with Crippen molar-refractivity contribution in [3.05, 3.63) is 46.2 Å². The van der Waals surface area contributed by atoms with Crippen LogP contribution >= 0.6 is 22.9 Å². The van der Waals surface area contributed by atoms with Gasteiger partial charge in [0, 0.05) is 13.2 Å². The summed E-state index contributed by atoms with van der Waals surface area (Å²) in [4.78, 5) is 16.6. The number of aromatic nitrogens is 3. The molecular formula is C21H12ClF8N5OS. The van der Waals surface area contributed by atoms with E-state index in [0.717, 1.165) is 13.2 Å². The first-order chi connectivity index (χ1) is 17.0. The summed E-state index contributed by atoms with van der Waals surface area (Å²) in [5, 5.41) is 14.1. The average Bonchev–Trinajstić information content (AvgIpc) is 3.21. The summed E-state index contributed by atoms with van der Waals surface area (Å²) in [5.74, 6) is -6.55. The molecule has 16 heteroatoms. The van der Waals surface area contributed by atoms with Crippen LogP contribution in [0.15, 0.2) is 24.4 Å². The molecule has 37 heavy (non-hydrogen) atoms. The first kappa shape index (κ1) is 26.8. The molecule has 0 saturated heterocycles. The van der Waals surface area contributed by atoms with Gasteiger partial charge in [0.05, 0.1) is 21.5 Å². The minimum absolute atomic E-state index is 0.0183. The van der Waals surface area contributed by atoms with Crippen LogP contribution < -0.4 is 5.32 Å². The fourth-order valence-electron chi connectivity index (χ4n) is 3.44. The van der Waals surface area contributed by atoms with Crippen molar-refractivity contribution >= 4 is 28.8 Å². The third-order valence-corrected chi connectivity index (χ3v) is 6.89. The van der Waals surface area contributed by atoms with Crippen LogP contribution in [0.5, 0.6) is 0 Å². The van der Waals surface area contributed by atoms with Crippen molar-refractivity contribution in [2.45, 2.75) is 36.7 Å². The summed E-state index contributed by atoms with van der Waals surface area (Å²) < 4.78 is 108. The molecule has 0 radical (unpaired) electrons. The zero-order valence-corrected chi connectivity index (χ0v) is 19.8. The van der Waals surface area contributed by atoms with Crippen molar-refractivity contribution in [2.24, 2.45) is 7.05 Å². The summed E-state index contributed by atoms with van der Waals surface area (Å²) in [6.45, 7) is 0. The van der Waals surface area contributed by atoms with Crippen molar-refractivity contribution < 1.29 is 39.9 Å². The fourth-order valence-corrected chi connectivity index (χ4v) is 4.63. The lowest BCUT2D eigenvalue weighted by Crippen LogP contribution is -2.36. The van der Waals surface area contributed by atoms with Crippen molar-refractivity contribution in [3.63, 3.8) is 0 Å². The SMILES string of the molecule is Cn1nc(C(F)(F)C(F)(F)F)c(C(F)(F)F)c1-c1ncc(-c2ccc(Cl)c(C(=O)NC3(C#N)CC3)c2)s1. The Labute approximate surface area is 211 Å². The van der Waals surface area contributed by atoms with E-state index in [1.165, 1.54) is 18.2 Å². The largest absolute Gasteiger partial charge is 0.459 e. The van der Waals surface area contributed by atoms with E-state index >= 15 is 0 Å². The standard InChI is InChI=1S/C21H12ClF8N5OS/c1-35-14(13(20(25,26)27)15(34-35)19(23,24)21(28,29)30)17-32-7-12(37-17)9-2-3-11(22)10(6-9)16(36)33-18(8-31)4-5-18/h2-3,6-7H,4-5H2,1H3,(H,33,36). The number of hydrogen-bond acceptors (Lipinski definition) is 5. The highest BCUT2D eigenvalue weighted by Crippen LogP contribution is 2.51. The van der Waals surface area contributed by atoms with E-state index in [1.807, 2.05) is 6.07 Å². The number of aryl methyl sites for hydroxylation is 1. The number of thiazole rings is 1. The minimum Gasteiger partial charge on any atom is -0.334 e. The van der Waals surface area contributed by atoms with Crippen LogP contribution in [0, 0.1) is 11.3 Å². The first-order valence-corrected chi connectivity index (χ1v) is 11.3. The number of nitriles is 1. The molecule has 1 aliphatic rings. The Balaban J connectivity index is 1.77. The van der Waals surface area contributed by atoms with Crippen LogP contribution in [0.2, 0.25) is 5.02 Å². The maximum atomic E-state index is 14.0. The number of nitrogens with one attached hydrogen (secondary N) is 1. The summed E-state index contributed by atoms with van der Waals surface area (Å²) >= 11 is 6.64. The lowest BCUT2D eigenvalue weighted by Gasteiger charge is -2.19. The minimum atomic E-state index is -6.32. The van der Waals surface area contributed by atoms with Gasteiger partial charge in [-0.1, -0.05) is 17.7 Å². The van der Waals surface area contributed by atoms with Gasteiger partial charge in [0.15, 0.2) is 5.69 Å². The van der Waals surface area contributed by atoms with Gasteiger partial charge in [-0.25, -0.2) is 4.98 Å². The van der Waals surface area contributed by atoms with Gasteiger partial charge in [0.2, 0.25) is 0 Å². The second-order valence-corrected chi connectivity index (χ2v) is 9.58. The molecule has 1 amide bonds. The van der Waals surface area contributed by atoms with E-state index in [0.29, 0.717) is 24.2 Å². The molecule has 0 unspecified atom stereocenters. The van der Waals surface area contributed by atoms with Gasteiger partial charge in [-0.15, -0.1) is 11.3 Å². The summed E-state index contributed by atoms with van der Waals surface area (Å²) in [5.41, 5.74) is -6.63. The van der Waals surface area contributed by atoms with Gasteiger partial charge < -0.3 is 5.32 Å². The van der Waals surface area contributed by atoms with Gasteiger partial charge in [0.1, 0.15) is 21.8 Å². The maximum Gasteiger partial charge on any atom is 0.459 e. The Morgan fingerprint density at radius 2 is 1.84 bits per heavy atom. The Morgan fingerprint density at radius 3 is 2.38 bits per heavy atom. The molecule has 0 aliphatic heterocycles. The average molecular weight is 570 g/mol. The van der Waals surface area contributed by atoms with Gasteiger partial charge in [-0.3, -0.25) is 9.48 Å². The number of rotatable bonds is 5. The number of halogens is 9. The molecule has 1 saturated carbocycles. The van der Waals surface area contributed by atoms with E-state index in [9.17, 15) is 39.9 Å². The zero-order valence-electron chi connectivity index (χ0n) is 18.2. The Kier molecular flexibility index (Phi) is 6.27. The van der Waals surface area contributed by atoms with E-state index in [2.05, 4.69) is 15.4 Å². The molecule has 0 spiro atoms. The van der Waals surface area contributed by atoms with E-state index in [4.69, 9.17) is 16.9 Å². The molecule has 3 aromatic rings. The van der Waals surface area contributed by atoms with Crippen LogP contribution in [0.3, 0.4) is 0 Å². The molecule has 0 bridgehead atoms. The van der Waals surface area contributed by atoms with Crippen LogP contribution in [0.25, 0.3) is 21.1 Å². The number of carbonyl (C=O) groups is 1. The molecule has 2 aromatic heterocycles. The number of nitrogens with zero attached hydrogens (tertiary/aromatic N) is 4. The maximum absolute atomic E-state index is 14.0. The van der Waals surface area contributed by atoms with Crippen molar-refractivity contribution in [3.8, 4) is 27.2 Å². The van der Waals surface area contributed by atoms with Crippen LogP contribution in [-0.4, -0.2) is 32.4 Å². The third kappa shape index (κ3) is 4.75. The normalized spacial score (nSPS) is 15.4. The number of carbonyl (C=O) groups excluding carboxylic acids is 1. The quantitative estimate of drug-likeness (QED) is 0.364. The predicted octanol–water partition coefficient (Wildman–Crippen LogP) is 6.32. The lowest BCUT2D eigenvalue weighted by atomic mass is 10.1. The van der Waals surface area contributed by atoms with Crippen molar-refractivity contribution in [1.29, 1.82) is 5.26 Å². The second kappa shape index (κ2) is 8.66. The Hall–Kier alpha value is -3.25. The molecule has 1 aliphatic carbocycles. The monoisotopic (exact) mass is 569 g/mol. The molecule has 4 rings (SSSR count). The van der Waals surface area contributed by atoms with E-state index < -0.39 is 51.7 Å². The van der Waals surface area contributed by atoms with Crippen molar-refractivity contribution in [2.75, 3.05) is 0 Å². The Morgan fingerprint density at radius 1 is 1.19 bits per heavy atom. The highest BCUT2D eigenvalue weighted by atomic mass is 35.5. The number of alkyl halides is 8. The molecule has 1 aromatic carbocycles. The summed E-state index contributed by atoms with van der Waals surface area (Å²) in [6.07, 6.45) is -9.97. The second-order valence-electron chi connectivity index (χ2n) is 8.14. The molecule has 6 nitrogen and oxygen atoms in total. The molecule has 2 heterocycles. The summed E-state index contributed by atoms with van der Waals surface area (Å²) in [6, 6.07) is 6.00. The van der Waals surface area contributed by atoms with Crippen molar-refractivity contribution in [1.82, 2.24) is 20.1 Å². The predicted molar refractivity (Wildman–Crippen MR) is 115 cm³/mol. The molecule has 1 N–H and O–H groups in total. The topological polar surface area (TPSA) is 83.6 Å². The number of benzene rings is 1. The van der Waals surface area contributed by atoms with Gasteiger partial charge >= 0.3 is 18.3 Å². The van der Waals surface area contributed by atoms with Gasteiger partial charge in [0.25, 0.3) is 5.91 Å².